The van der Waals surface area contributed by atoms with Crippen molar-refractivity contribution in [2.24, 2.45) is 5.92 Å². The molecule has 0 aromatic rings. The first kappa shape index (κ1) is 15.9. The van der Waals surface area contributed by atoms with Crippen molar-refractivity contribution in [3.8, 4) is 0 Å². The van der Waals surface area contributed by atoms with Crippen molar-refractivity contribution in [3.05, 3.63) is 0 Å². The zero-order chi connectivity index (χ0) is 14.3. The molecule has 0 aromatic carbocycles. The Morgan fingerprint density at radius 3 is 2.74 bits per heavy atom. The summed E-state index contributed by atoms with van der Waals surface area (Å²) in [6.07, 6.45) is 2.81. The fraction of sp³-hybridized carbons (Fsp3) is 0.833. The van der Waals surface area contributed by atoms with E-state index >= 15 is 0 Å². The topological polar surface area (TPSA) is 95.5 Å². The van der Waals surface area contributed by atoms with Crippen molar-refractivity contribution in [3.63, 3.8) is 0 Å². The van der Waals surface area contributed by atoms with E-state index in [1.54, 1.807) is 0 Å². The number of carboxylic acids is 1. The molecule has 0 spiro atoms. The molecule has 110 valence electrons. The number of rotatable bonds is 6. The van der Waals surface area contributed by atoms with Gasteiger partial charge in [0.05, 0.1) is 5.92 Å². The maximum absolute atomic E-state index is 11.6. The molecule has 3 unspecified atom stereocenters. The molecule has 0 radical (unpaired) electrons. The first-order chi connectivity index (χ1) is 9.02. The number of hydrogen-bond donors (Lipinski definition) is 3. The lowest BCUT2D eigenvalue weighted by atomic mass is 9.86. The number of nitrogens with one attached hydrogen (secondary N) is 2. The number of urea groups is 1. The van der Waals surface area contributed by atoms with E-state index in [1.165, 1.54) is 0 Å². The lowest BCUT2D eigenvalue weighted by molar-refractivity contribution is -0.143. The Balaban J connectivity index is 2.24. The van der Waals surface area contributed by atoms with Gasteiger partial charge in [0.1, 0.15) is 0 Å². The van der Waals surface area contributed by atoms with E-state index in [2.05, 4.69) is 10.6 Å². The molecule has 1 saturated carbocycles. The van der Waals surface area contributed by atoms with Crippen LogP contribution in [-0.4, -0.2) is 45.4 Å². The molecular weight excluding hydrogens is 268 g/mol. The van der Waals surface area contributed by atoms with Gasteiger partial charge in [-0.25, -0.2) is 4.79 Å². The molecule has 2 amide bonds. The highest BCUT2D eigenvalue weighted by molar-refractivity contribution is 7.84. The van der Waals surface area contributed by atoms with Crippen LogP contribution in [0.1, 0.15) is 32.6 Å². The van der Waals surface area contributed by atoms with Gasteiger partial charge in [-0.1, -0.05) is 13.3 Å². The van der Waals surface area contributed by atoms with Gasteiger partial charge in [0, 0.05) is 34.9 Å². The van der Waals surface area contributed by atoms with Gasteiger partial charge in [-0.05, 0) is 19.3 Å². The summed E-state index contributed by atoms with van der Waals surface area (Å²) in [5.41, 5.74) is 0. The van der Waals surface area contributed by atoms with Crippen LogP contribution in [0, 0.1) is 5.92 Å². The average Bonchev–Trinajstić information content (AvgIpc) is 2.38. The third-order valence-corrected chi connectivity index (χ3v) is 4.60. The summed E-state index contributed by atoms with van der Waals surface area (Å²) in [7, 11) is -0.882. The third-order valence-electron chi connectivity index (χ3n) is 3.30. The van der Waals surface area contributed by atoms with E-state index in [0.29, 0.717) is 30.9 Å². The van der Waals surface area contributed by atoms with Gasteiger partial charge in [0.2, 0.25) is 0 Å². The highest BCUT2D eigenvalue weighted by Gasteiger charge is 2.27. The minimum Gasteiger partial charge on any atom is -0.481 e. The molecule has 0 heterocycles. The molecule has 7 heteroatoms. The highest BCUT2D eigenvalue weighted by atomic mass is 32.2. The molecule has 6 nitrogen and oxygen atoms in total. The Morgan fingerprint density at radius 1 is 1.37 bits per heavy atom. The predicted molar refractivity (Wildman–Crippen MR) is 73.5 cm³/mol. The first-order valence-corrected chi connectivity index (χ1v) is 8.13. The van der Waals surface area contributed by atoms with Crippen LogP contribution in [0.4, 0.5) is 4.79 Å². The van der Waals surface area contributed by atoms with Crippen LogP contribution in [0.5, 0.6) is 0 Å². The highest BCUT2D eigenvalue weighted by Crippen LogP contribution is 2.24. The van der Waals surface area contributed by atoms with Gasteiger partial charge in [0.15, 0.2) is 0 Å². The van der Waals surface area contributed by atoms with Crippen LogP contribution in [0.25, 0.3) is 0 Å². The van der Waals surface area contributed by atoms with Crippen molar-refractivity contribution in [2.75, 3.05) is 18.1 Å². The van der Waals surface area contributed by atoms with Gasteiger partial charge in [-0.15, -0.1) is 0 Å². The number of carbonyl (C=O) groups is 2. The Morgan fingerprint density at radius 2 is 2.11 bits per heavy atom. The minimum absolute atomic E-state index is 0.0773. The van der Waals surface area contributed by atoms with E-state index in [1.807, 2.05) is 6.92 Å². The zero-order valence-electron chi connectivity index (χ0n) is 11.2. The standard InChI is InChI=1S/C12H22N2O4S/c1-2-19(18)7-6-13-12(17)14-10-5-3-4-9(8-10)11(15)16/h9-10H,2-8H2,1H3,(H,15,16)(H2,13,14,17). The maximum atomic E-state index is 11.6. The van der Waals surface area contributed by atoms with Crippen molar-refractivity contribution in [2.45, 2.75) is 38.6 Å². The Labute approximate surface area is 115 Å². The molecule has 3 atom stereocenters. The molecule has 3 N–H and O–H groups in total. The van der Waals surface area contributed by atoms with E-state index in [-0.39, 0.29) is 18.0 Å². The Bertz CT molecular complexity index is 349. The van der Waals surface area contributed by atoms with Crippen LogP contribution < -0.4 is 10.6 Å². The molecule has 19 heavy (non-hydrogen) atoms. The number of carboxylic acid groups (broad SMARTS) is 1. The van der Waals surface area contributed by atoms with Crippen LogP contribution >= 0.6 is 0 Å². The summed E-state index contributed by atoms with van der Waals surface area (Å²) in [5.74, 6) is -0.102. The van der Waals surface area contributed by atoms with Gasteiger partial charge in [0.25, 0.3) is 0 Å². The number of hydrogen-bond acceptors (Lipinski definition) is 3. The van der Waals surface area contributed by atoms with Crippen LogP contribution in [-0.2, 0) is 15.6 Å². The fourth-order valence-corrected chi connectivity index (χ4v) is 2.82. The molecule has 1 aliphatic carbocycles. The largest absolute Gasteiger partial charge is 0.481 e. The molecule has 0 bridgehead atoms. The van der Waals surface area contributed by atoms with Crippen LogP contribution in [0.15, 0.2) is 0 Å². The van der Waals surface area contributed by atoms with Crippen molar-refractivity contribution < 1.29 is 18.9 Å². The summed E-state index contributed by atoms with van der Waals surface area (Å²) in [5, 5.41) is 14.4. The fourth-order valence-electron chi connectivity index (χ4n) is 2.20. The predicted octanol–water partition coefficient (Wildman–Crippen LogP) is 0.698. The monoisotopic (exact) mass is 290 g/mol. The van der Waals surface area contributed by atoms with Crippen LogP contribution in [0.3, 0.4) is 0 Å². The molecule has 1 fully saturated rings. The average molecular weight is 290 g/mol. The zero-order valence-corrected chi connectivity index (χ0v) is 12.0. The third kappa shape index (κ3) is 6.04. The van der Waals surface area contributed by atoms with Crippen molar-refractivity contribution in [1.82, 2.24) is 10.6 Å². The lowest BCUT2D eigenvalue weighted by Crippen LogP contribution is -2.45. The van der Waals surface area contributed by atoms with E-state index in [0.717, 1.165) is 12.8 Å². The minimum atomic E-state index is -0.882. The second-order valence-electron chi connectivity index (χ2n) is 4.73. The maximum Gasteiger partial charge on any atom is 0.315 e. The molecule has 0 aliphatic heterocycles. The number of aliphatic carboxylic acids is 1. The Hall–Kier alpha value is -1.11. The summed E-state index contributed by atoms with van der Waals surface area (Å²) >= 11 is 0. The molecule has 1 aliphatic rings. The lowest BCUT2D eigenvalue weighted by Gasteiger charge is -2.27. The summed E-state index contributed by atoms with van der Waals surface area (Å²) < 4.78 is 11.2. The van der Waals surface area contributed by atoms with Gasteiger partial charge < -0.3 is 15.7 Å². The normalized spacial score (nSPS) is 24.5. The van der Waals surface area contributed by atoms with E-state index in [9.17, 15) is 13.8 Å². The molecule has 1 rings (SSSR count). The quantitative estimate of drug-likeness (QED) is 0.671. The summed E-state index contributed by atoms with van der Waals surface area (Å²) in [6.45, 7) is 2.21. The Kier molecular flexibility index (Phi) is 6.83. The molecular formula is C12H22N2O4S. The van der Waals surface area contributed by atoms with Gasteiger partial charge >= 0.3 is 12.0 Å². The van der Waals surface area contributed by atoms with E-state index < -0.39 is 16.8 Å². The first-order valence-electron chi connectivity index (χ1n) is 6.65. The SMILES string of the molecule is CCS(=O)CCNC(=O)NC1CCCC(C(=O)O)C1. The number of carbonyl (C=O) groups excluding carboxylic acids is 1. The summed E-state index contributed by atoms with van der Waals surface area (Å²) in [4.78, 5) is 22.5. The van der Waals surface area contributed by atoms with Crippen molar-refractivity contribution in [1.29, 1.82) is 0 Å². The second kappa shape index (κ2) is 8.14. The smallest absolute Gasteiger partial charge is 0.315 e. The molecule has 0 saturated heterocycles. The van der Waals surface area contributed by atoms with Crippen LogP contribution in [0.2, 0.25) is 0 Å². The van der Waals surface area contributed by atoms with Crippen molar-refractivity contribution >= 4 is 22.8 Å². The van der Waals surface area contributed by atoms with Gasteiger partial charge in [-0.3, -0.25) is 9.00 Å². The van der Waals surface area contributed by atoms with E-state index in [4.69, 9.17) is 5.11 Å². The molecule has 0 aromatic heterocycles. The summed E-state index contributed by atoms with van der Waals surface area (Å²) in [6, 6.07) is -0.379. The number of amides is 2. The second-order valence-corrected chi connectivity index (χ2v) is 6.60. The van der Waals surface area contributed by atoms with Gasteiger partial charge in [-0.2, -0.15) is 0 Å².